The molecule has 0 spiro atoms. The first-order chi connectivity index (χ1) is 13.6. The van der Waals surface area contributed by atoms with E-state index in [4.69, 9.17) is 0 Å². The maximum Gasteiger partial charge on any atom is 0.234 e. The molecule has 0 aliphatic rings. The smallest absolute Gasteiger partial charge is 0.234 e. The molecule has 0 saturated carbocycles. The summed E-state index contributed by atoms with van der Waals surface area (Å²) in [7, 11) is 0. The number of rotatable bonds is 7. The van der Waals surface area contributed by atoms with Crippen molar-refractivity contribution in [3.63, 3.8) is 0 Å². The summed E-state index contributed by atoms with van der Waals surface area (Å²) >= 11 is 1.24. The van der Waals surface area contributed by atoms with Crippen LogP contribution in [-0.4, -0.2) is 37.8 Å². The molecule has 0 saturated heterocycles. The lowest BCUT2D eigenvalue weighted by Crippen LogP contribution is -2.15. The van der Waals surface area contributed by atoms with E-state index in [0.717, 1.165) is 17.7 Å². The summed E-state index contributed by atoms with van der Waals surface area (Å²) in [6.07, 6.45) is 0.840. The second kappa shape index (κ2) is 9.14. The Morgan fingerprint density at radius 3 is 2.71 bits per heavy atom. The van der Waals surface area contributed by atoms with Crippen molar-refractivity contribution in [3.8, 4) is 5.69 Å². The van der Waals surface area contributed by atoms with Gasteiger partial charge in [-0.1, -0.05) is 43.0 Å². The Labute approximate surface area is 166 Å². The van der Waals surface area contributed by atoms with Crippen LogP contribution in [0, 0.1) is 0 Å². The molecule has 9 heteroatoms. The highest BCUT2D eigenvalue weighted by molar-refractivity contribution is 7.99. The van der Waals surface area contributed by atoms with Crippen molar-refractivity contribution in [2.24, 2.45) is 0 Å². The van der Waals surface area contributed by atoms with E-state index in [1.54, 1.807) is 18.2 Å². The minimum absolute atomic E-state index is 0.132. The van der Waals surface area contributed by atoms with E-state index in [1.165, 1.54) is 23.4 Å². The number of hydrogen-bond donors (Lipinski definition) is 2. The highest BCUT2D eigenvalue weighted by Crippen LogP contribution is 2.21. The summed E-state index contributed by atoms with van der Waals surface area (Å²) in [4.78, 5) is 23.6. The molecule has 0 radical (unpaired) electrons. The van der Waals surface area contributed by atoms with E-state index in [0.29, 0.717) is 16.5 Å². The predicted molar refractivity (Wildman–Crippen MR) is 109 cm³/mol. The monoisotopic (exact) mass is 396 g/mol. The second-order valence-corrected chi connectivity index (χ2v) is 6.89. The topological polar surface area (TPSA) is 102 Å². The molecule has 3 rings (SSSR count). The number of carbonyl (C=O) groups excluding carboxylic acids is 2. The van der Waals surface area contributed by atoms with Crippen molar-refractivity contribution in [2.45, 2.75) is 25.4 Å². The Hall–Kier alpha value is -3.20. The Morgan fingerprint density at radius 2 is 1.93 bits per heavy atom. The molecule has 0 aliphatic carbocycles. The first-order valence-electron chi connectivity index (χ1n) is 8.73. The van der Waals surface area contributed by atoms with Gasteiger partial charge in [-0.15, -0.1) is 5.10 Å². The van der Waals surface area contributed by atoms with E-state index in [1.807, 2.05) is 37.3 Å². The maximum atomic E-state index is 12.3. The highest BCUT2D eigenvalue weighted by atomic mass is 32.2. The molecule has 2 N–H and O–H groups in total. The van der Waals surface area contributed by atoms with Crippen molar-refractivity contribution in [1.82, 2.24) is 20.2 Å². The zero-order valence-corrected chi connectivity index (χ0v) is 16.4. The molecule has 28 heavy (non-hydrogen) atoms. The molecule has 2 aromatic carbocycles. The van der Waals surface area contributed by atoms with E-state index in [-0.39, 0.29) is 17.6 Å². The third-order valence-corrected chi connectivity index (χ3v) is 4.78. The SMILES string of the molecule is CCc1ccccc1NC(=O)CSc1nnnn1-c1cccc(NC(C)=O)c1. The molecule has 0 fully saturated rings. The van der Waals surface area contributed by atoms with Crippen LogP contribution in [0.2, 0.25) is 0 Å². The quantitative estimate of drug-likeness (QED) is 0.596. The van der Waals surface area contributed by atoms with Crippen molar-refractivity contribution in [3.05, 3.63) is 54.1 Å². The molecular weight excluding hydrogens is 376 g/mol. The van der Waals surface area contributed by atoms with Gasteiger partial charge in [0.1, 0.15) is 0 Å². The van der Waals surface area contributed by atoms with Gasteiger partial charge in [0.25, 0.3) is 0 Å². The second-order valence-electron chi connectivity index (χ2n) is 5.95. The number of thioether (sulfide) groups is 1. The Balaban J connectivity index is 1.68. The van der Waals surface area contributed by atoms with Crippen molar-refractivity contribution in [2.75, 3.05) is 16.4 Å². The van der Waals surface area contributed by atoms with E-state index >= 15 is 0 Å². The number of anilines is 2. The number of tetrazole rings is 1. The van der Waals surface area contributed by atoms with Gasteiger partial charge in [0.2, 0.25) is 17.0 Å². The van der Waals surface area contributed by atoms with E-state index in [9.17, 15) is 9.59 Å². The molecule has 0 bridgehead atoms. The average Bonchev–Trinajstić information content (AvgIpc) is 3.15. The minimum Gasteiger partial charge on any atom is -0.326 e. The number of aromatic nitrogens is 4. The lowest BCUT2D eigenvalue weighted by Gasteiger charge is -2.10. The molecule has 2 amide bonds. The summed E-state index contributed by atoms with van der Waals surface area (Å²) in [5.74, 6) is -0.121. The summed E-state index contributed by atoms with van der Waals surface area (Å²) in [5, 5.41) is 17.8. The molecule has 0 atom stereocenters. The summed E-state index contributed by atoms with van der Waals surface area (Å²) in [5.41, 5.74) is 3.24. The first-order valence-corrected chi connectivity index (χ1v) is 9.72. The Kier molecular flexibility index (Phi) is 6.38. The van der Waals surface area contributed by atoms with Gasteiger partial charge in [-0.05, 0) is 46.7 Å². The fourth-order valence-corrected chi connectivity index (χ4v) is 3.31. The predicted octanol–water partition coefficient (Wildman–Crippen LogP) is 2.91. The van der Waals surface area contributed by atoms with Crippen LogP contribution in [0.15, 0.2) is 53.7 Å². The first kappa shape index (κ1) is 19.6. The number of carbonyl (C=O) groups is 2. The van der Waals surface area contributed by atoms with Crippen LogP contribution in [0.3, 0.4) is 0 Å². The molecule has 3 aromatic rings. The summed E-state index contributed by atoms with van der Waals surface area (Å²) < 4.78 is 1.53. The van der Waals surface area contributed by atoms with Crippen LogP contribution in [0.4, 0.5) is 11.4 Å². The lowest BCUT2D eigenvalue weighted by molar-refractivity contribution is -0.114. The van der Waals surface area contributed by atoms with Crippen LogP contribution in [-0.2, 0) is 16.0 Å². The van der Waals surface area contributed by atoms with Gasteiger partial charge >= 0.3 is 0 Å². The zero-order chi connectivity index (χ0) is 19.9. The number of amides is 2. The molecule has 1 heterocycles. The van der Waals surface area contributed by atoms with Gasteiger partial charge in [-0.2, -0.15) is 4.68 Å². The van der Waals surface area contributed by atoms with E-state index in [2.05, 4.69) is 26.2 Å². The van der Waals surface area contributed by atoms with Crippen molar-refractivity contribution < 1.29 is 9.59 Å². The standard InChI is InChI=1S/C19H20N6O2S/c1-3-14-7-4-5-10-17(14)21-18(27)12-28-19-22-23-24-25(19)16-9-6-8-15(11-16)20-13(2)26/h4-11H,3,12H2,1-2H3,(H,20,26)(H,21,27). The van der Waals surface area contributed by atoms with Gasteiger partial charge in [-0.25, -0.2) is 0 Å². The summed E-state index contributed by atoms with van der Waals surface area (Å²) in [6, 6.07) is 14.9. The fraction of sp³-hybridized carbons (Fsp3) is 0.211. The van der Waals surface area contributed by atoms with Gasteiger partial charge in [0, 0.05) is 18.3 Å². The van der Waals surface area contributed by atoms with Crippen LogP contribution >= 0.6 is 11.8 Å². The van der Waals surface area contributed by atoms with E-state index < -0.39 is 0 Å². The number of para-hydroxylation sites is 1. The third kappa shape index (κ3) is 4.95. The lowest BCUT2D eigenvalue weighted by atomic mass is 10.1. The molecule has 0 unspecified atom stereocenters. The van der Waals surface area contributed by atoms with Gasteiger partial charge < -0.3 is 10.6 Å². The Bertz CT molecular complexity index is 988. The molecule has 144 valence electrons. The largest absolute Gasteiger partial charge is 0.326 e. The van der Waals surface area contributed by atoms with Gasteiger partial charge in [-0.3, -0.25) is 9.59 Å². The highest BCUT2D eigenvalue weighted by Gasteiger charge is 2.13. The third-order valence-electron chi connectivity index (χ3n) is 3.86. The van der Waals surface area contributed by atoms with Crippen LogP contribution in [0.1, 0.15) is 19.4 Å². The van der Waals surface area contributed by atoms with Crippen LogP contribution < -0.4 is 10.6 Å². The normalized spacial score (nSPS) is 10.5. The zero-order valence-electron chi connectivity index (χ0n) is 15.5. The molecule has 1 aromatic heterocycles. The maximum absolute atomic E-state index is 12.3. The fourth-order valence-electron chi connectivity index (χ4n) is 2.62. The minimum atomic E-state index is -0.160. The average molecular weight is 396 g/mol. The molecular formula is C19H20N6O2S. The number of hydrogen-bond acceptors (Lipinski definition) is 6. The number of aryl methyl sites for hydroxylation is 1. The van der Waals surface area contributed by atoms with Crippen molar-refractivity contribution >= 4 is 35.0 Å². The summed E-state index contributed by atoms with van der Waals surface area (Å²) in [6.45, 7) is 3.49. The Morgan fingerprint density at radius 1 is 1.11 bits per heavy atom. The number of benzene rings is 2. The number of nitrogens with zero attached hydrogens (tertiary/aromatic N) is 4. The van der Waals surface area contributed by atoms with Crippen molar-refractivity contribution in [1.29, 1.82) is 0 Å². The van der Waals surface area contributed by atoms with Crippen LogP contribution in [0.25, 0.3) is 5.69 Å². The molecule has 8 nitrogen and oxygen atoms in total. The van der Waals surface area contributed by atoms with Crippen LogP contribution in [0.5, 0.6) is 0 Å². The number of nitrogens with one attached hydrogen (secondary N) is 2. The molecule has 0 aliphatic heterocycles. The van der Waals surface area contributed by atoms with Gasteiger partial charge in [0.15, 0.2) is 0 Å². The van der Waals surface area contributed by atoms with Gasteiger partial charge in [0.05, 0.1) is 11.4 Å².